The van der Waals surface area contributed by atoms with E-state index in [0.29, 0.717) is 18.8 Å². The number of carbonyl (C=O) groups is 1. The molecule has 0 saturated carbocycles. The Bertz CT molecular complexity index is 110. The first-order chi connectivity index (χ1) is 5.81. The molecule has 0 spiro atoms. The number of rotatable bonds is 8. The molecule has 2 nitrogen and oxygen atoms in total. The summed E-state index contributed by atoms with van der Waals surface area (Å²) >= 11 is 0. The predicted octanol–water partition coefficient (Wildman–Crippen LogP) is 2.56. The summed E-state index contributed by atoms with van der Waals surface area (Å²) in [5.41, 5.74) is 0. The van der Waals surface area contributed by atoms with Gasteiger partial charge in [0.15, 0.2) is 0 Å². The second-order valence-electron chi connectivity index (χ2n) is 3.00. The molecule has 0 fully saturated rings. The van der Waals surface area contributed by atoms with Crippen LogP contribution in [0.15, 0.2) is 0 Å². The fourth-order valence-corrected chi connectivity index (χ4v) is 0.931. The molecule has 0 heterocycles. The molecule has 0 N–H and O–H groups in total. The molecule has 12 heavy (non-hydrogen) atoms. The molecule has 0 bridgehead atoms. The minimum Gasteiger partial charge on any atom is -0.381 e. The minimum absolute atomic E-state index is 0.341. The van der Waals surface area contributed by atoms with Gasteiger partial charge in [-0.1, -0.05) is 20.3 Å². The van der Waals surface area contributed by atoms with Gasteiger partial charge in [-0.25, -0.2) is 0 Å². The number of carbonyl (C=O) groups excluding carboxylic acids is 1. The van der Waals surface area contributed by atoms with E-state index in [0.717, 1.165) is 32.3 Å². The summed E-state index contributed by atoms with van der Waals surface area (Å²) in [7, 11) is 0. The Balaban J connectivity index is 3.08. The number of ketones is 1. The number of Topliss-reactive ketones (excluding diaryl/α,β-unsaturated/α-hetero) is 1. The van der Waals surface area contributed by atoms with Crippen molar-refractivity contribution in [2.24, 2.45) is 0 Å². The van der Waals surface area contributed by atoms with Gasteiger partial charge in [-0.3, -0.25) is 4.79 Å². The summed E-state index contributed by atoms with van der Waals surface area (Å²) in [5.74, 6) is 0.341. The van der Waals surface area contributed by atoms with Gasteiger partial charge in [0.2, 0.25) is 0 Å². The Hall–Kier alpha value is -0.370. The van der Waals surface area contributed by atoms with Crippen LogP contribution in [-0.4, -0.2) is 19.0 Å². The van der Waals surface area contributed by atoms with Crippen molar-refractivity contribution in [1.82, 2.24) is 0 Å². The van der Waals surface area contributed by atoms with Crippen molar-refractivity contribution in [1.29, 1.82) is 0 Å². The van der Waals surface area contributed by atoms with E-state index in [-0.39, 0.29) is 0 Å². The number of hydrogen-bond donors (Lipinski definition) is 0. The van der Waals surface area contributed by atoms with E-state index in [1.54, 1.807) is 0 Å². The summed E-state index contributed by atoms with van der Waals surface area (Å²) in [6.07, 6.45) is 4.48. The molecule has 0 radical (unpaired) electrons. The van der Waals surface area contributed by atoms with E-state index in [1.165, 1.54) is 0 Å². The van der Waals surface area contributed by atoms with Crippen LogP contribution in [0.25, 0.3) is 0 Å². The third-order valence-electron chi connectivity index (χ3n) is 1.68. The second-order valence-corrected chi connectivity index (χ2v) is 3.00. The first-order valence-electron chi connectivity index (χ1n) is 4.90. The molecule has 0 rings (SSSR count). The summed E-state index contributed by atoms with van der Waals surface area (Å²) < 4.78 is 5.21. The molecule has 0 amide bonds. The molecule has 0 aromatic rings. The lowest BCUT2D eigenvalue weighted by atomic mass is 10.1. The highest BCUT2D eigenvalue weighted by atomic mass is 16.5. The maximum Gasteiger partial charge on any atom is 0.135 e. The fraction of sp³-hybridized carbons (Fsp3) is 0.900. The van der Waals surface area contributed by atoms with Crippen LogP contribution >= 0.6 is 0 Å². The van der Waals surface area contributed by atoms with E-state index in [2.05, 4.69) is 13.8 Å². The lowest BCUT2D eigenvalue weighted by Crippen LogP contribution is -2.04. The highest BCUT2D eigenvalue weighted by molar-refractivity contribution is 5.78. The van der Waals surface area contributed by atoms with Crippen LogP contribution in [0.1, 0.15) is 46.0 Å². The van der Waals surface area contributed by atoms with E-state index < -0.39 is 0 Å². The quantitative estimate of drug-likeness (QED) is 0.526. The zero-order valence-corrected chi connectivity index (χ0v) is 8.27. The van der Waals surface area contributed by atoms with E-state index >= 15 is 0 Å². The summed E-state index contributed by atoms with van der Waals surface area (Å²) in [4.78, 5) is 11.1. The van der Waals surface area contributed by atoms with Gasteiger partial charge in [0.1, 0.15) is 5.78 Å². The highest BCUT2D eigenvalue weighted by Crippen LogP contribution is 1.98. The van der Waals surface area contributed by atoms with Gasteiger partial charge in [-0.2, -0.15) is 0 Å². The highest BCUT2D eigenvalue weighted by Gasteiger charge is 1.99. The third kappa shape index (κ3) is 7.73. The molecule has 0 aliphatic rings. The van der Waals surface area contributed by atoms with Crippen LogP contribution < -0.4 is 0 Å². The van der Waals surface area contributed by atoms with Gasteiger partial charge in [0.05, 0.1) is 6.61 Å². The Morgan fingerprint density at radius 1 is 1.08 bits per heavy atom. The molecule has 0 aliphatic carbocycles. The first-order valence-corrected chi connectivity index (χ1v) is 4.90. The lowest BCUT2D eigenvalue weighted by molar-refractivity contribution is -0.120. The number of ether oxygens (including phenoxy) is 1. The summed E-state index contributed by atoms with van der Waals surface area (Å²) in [6.45, 7) is 5.55. The first kappa shape index (κ1) is 11.6. The fourth-order valence-electron chi connectivity index (χ4n) is 0.931. The largest absolute Gasteiger partial charge is 0.381 e. The van der Waals surface area contributed by atoms with Crippen molar-refractivity contribution in [3.05, 3.63) is 0 Å². The van der Waals surface area contributed by atoms with Gasteiger partial charge in [0, 0.05) is 19.4 Å². The lowest BCUT2D eigenvalue weighted by Gasteiger charge is -2.01. The van der Waals surface area contributed by atoms with Crippen LogP contribution in [-0.2, 0) is 9.53 Å². The maximum absolute atomic E-state index is 11.1. The third-order valence-corrected chi connectivity index (χ3v) is 1.68. The van der Waals surface area contributed by atoms with Gasteiger partial charge in [-0.15, -0.1) is 0 Å². The minimum atomic E-state index is 0.341. The van der Waals surface area contributed by atoms with Crippen molar-refractivity contribution in [2.75, 3.05) is 13.2 Å². The van der Waals surface area contributed by atoms with Gasteiger partial charge in [-0.05, 0) is 12.8 Å². The molecule has 0 aromatic heterocycles. The summed E-state index contributed by atoms with van der Waals surface area (Å²) in [6, 6.07) is 0. The average Bonchev–Trinajstić information content (AvgIpc) is 2.09. The Kier molecular flexibility index (Phi) is 8.46. The van der Waals surface area contributed by atoms with Crippen LogP contribution in [0.2, 0.25) is 0 Å². The van der Waals surface area contributed by atoms with Crippen molar-refractivity contribution >= 4 is 5.78 Å². The van der Waals surface area contributed by atoms with E-state index in [4.69, 9.17) is 4.74 Å². The smallest absolute Gasteiger partial charge is 0.135 e. The SMILES string of the molecule is CCCCC(=O)CCOCCC. The van der Waals surface area contributed by atoms with Crippen molar-refractivity contribution in [3.8, 4) is 0 Å². The standard InChI is InChI=1S/C10H20O2/c1-3-5-6-10(11)7-9-12-8-4-2/h3-9H2,1-2H3. The molecule has 0 aliphatic heterocycles. The van der Waals surface area contributed by atoms with E-state index in [1.807, 2.05) is 0 Å². The molecule has 72 valence electrons. The topological polar surface area (TPSA) is 26.3 Å². The Morgan fingerprint density at radius 3 is 2.42 bits per heavy atom. The molecule has 0 atom stereocenters. The second kappa shape index (κ2) is 8.72. The zero-order chi connectivity index (χ0) is 9.23. The van der Waals surface area contributed by atoms with Crippen LogP contribution in [0, 0.1) is 0 Å². The Labute approximate surface area is 75.3 Å². The summed E-state index contributed by atoms with van der Waals surface area (Å²) in [5, 5.41) is 0. The predicted molar refractivity (Wildman–Crippen MR) is 50.3 cm³/mol. The van der Waals surface area contributed by atoms with Crippen molar-refractivity contribution in [2.45, 2.75) is 46.0 Å². The van der Waals surface area contributed by atoms with Gasteiger partial charge >= 0.3 is 0 Å². The van der Waals surface area contributed by atoms with Gasteiger partial charge in [0.25, 0.3) is 0 Å². The van der Waals surface area contributed by atoms with Crippen molar-refractivity contribution < 1.29 is 9.53 Å². The van der Waals surface area contributed by atoms with Crippen molar-refractivity contribution in [3.63, 3.8) is 0 Å². The van der Waals surface area contributed by atoms with Crippen LogP contribution in [0.5, 0.6) is 0 Å². The molecule has 0 saturated heterocycles. The maximum atomic E-state index is 11.1. The van der Waals surface area contributed by atoms with Crippen LogP contribution in [0.4, 0.5) is 0 Å². The van der Waals surface area contributed by atoms with Gasteiger partial charge < -0.3 is 4.74 Å². The molecular weight excluding hydrogens is 152 g/mol. The van der Waals surface area contributed by atoms with E-state index in [9.17, 15) is 4.79 Å². The Morgan fingerprint density at radius 2 is 1.83 bits per heavy atom. The molecule has 0 unspecified atom stereocenters. The monoisotopic (exact) mass is 172 g/mol. The normalized spacial score (nSPS) is 10.2. The average molecular weight is 172 g/mol. The molecular formula is C10H20O2. The molecule has 2 heteroatoms. The van der Waals surface area contributed by atoms with Crippen LogP contribution in [0.3, 0.4) is 0 Å². The molecule has 0 aromatic carbocycles. The zero-order valence-electron chi connectivity index (χ0n) is 8.27. The number of unbranched alkanes of at least 4 members (excludes halogenated alkanes) is 1. The number of hydrogen-bond acceptors (Lipinski definition) is 2.